The Balaban J connectivity index is 2.48. The van der Waals surface area contributed by atoms with E-state index in [0.29, 0.717) is 13.0 Å². The zero-order chi connectivity index (χ0) is 12.0. The van der Waals surface area contributed by atoms with Crippen molar-refractivity contribution in [3.8, 4) is 0 Å². The first kappa shape index (κ1) is 12.6. The van der Waals surface area contributed by atoms with Crippen LogP contribution in [0.2, 0.25) is 0 Å². The minimum absolute atomic E-state index is 0.00817. The molecule has 1 rings (SSSR count). The molecule has 2 N–H and O–H groups in total. The summed E-state index contributed by atoms with van der Waals surface area (Å²) in [4.78, 5) is 11.4. The predicted molar refractivity (Wildman–Crippen MR) is 61.5 cm³/mol. The third kappa shape index (κ3) is 3.98. The average molecular weight is 224 g/mol. The van der Waals surface area contributed by atoms with Crippen LogP contribution in [0.15, 0.2) is 24.3 Å². The summed E-state index contributed by atoms with van der Waals surface area (Å²) in [6, 6.07) is 6.05. The van der Waals surface area contributed by atoms with Gasteiger partial charge in [0.25, 0.3) is 0 Å². The van der Waals surface area contributed by atoms with E-state index < -0.39 is 0 Å². The lowest BCUT2D eigenvalue weighted by Crippen LogP contribution is -2.29. The van der Waals surface area contributed by atoms with Crippen LogP contribution in [-0.4, -0.2) is 19.5 Å². The first-order chi connectivity index (χ1) is 7.63. The number of carbonyl (C=O) groups excluding carboxylic acids is 1. The van der Waals surface area contributed by atoms with E-state index in [4.69, 9.17) is 0 Å². The van der Waals surface area contributed by atoms with Crippen LogP contribution in [-0.2, 0) is 4.79 Å². The number of benzene rings is 1. The van der Waals surface area contributed by atoms with Crippen LogP contribution >= 0.6 is 0 Å². The second-order valence-electron chi connectivity index (χ2n) is 3.69. The molecule has 1 aromatic carbocycles. The first-order valence-electron chi connectivity index (χ1n) is 5.33. The molecule has 0 fully saturated rings. The summed E-state index contributed by atoms with van der Waals surface area (Å²) < 4.78 is 12.7. The Morgan fingerprint density at radius 3 is 2.56 bits per heavy atom. The Morgan fingerprint density at radius 1 is 1.38 bits per heavy atom. The summed E-state index contributed by atoms with van der Waals surface area (Å²) in [6.07, 6.45) is 0.446. The quantitative estimate of drug-likeness (QED) is 0.798. The van der Waals surface area contributed by atoms with E-state index in [-0.39, 0.29) is 17.8 Å². The summed E-state index contributed by atoms with van der Waals surface area (Å²) >= 11 is 0. The van der Waals surface area contributed by atoms with Gasteiger partial charge in [0.2, 0.25) is 5.91 Å². The van der Waals surface area contributed by atoms with E-state index in [2.05, 4.69) is 10.6 Å². The van der Waals surface area contributed by atoms with Gasteiger partial charge in [-0.15, -0.1) is 0 Å². The highest BCUT2D eigenvalue weighted by molar-refractivity contribution is 5.76. The number of hydrogen-bond donors (Lipinski definition) is 2. The number of rotatable bonds is 5. The van der Waals surface area contributed by atoms with Gasteiger partial charge in [-0.05, 0) is 31.7 Å². The molecule has 0 unspecified atom stereocenters. The fourth-order valence-electron chi connectivity index (χ4n) is 1.39. The molecular formula is C12H17FN2O. The molecule has 1 aromatic rings. The highest BCUT2D eigenvalue weighted by Crippen LogP contribution is 2.12. The van der Waals surface area contributed by atoms with E-state index in [1.807, 2.05) is 6.92 Å². The largest absolute Gasteiger partial charge is 0.350 e. The Hall–Kier alpha value is -1.42. The van der Waals surface area contributed by atoms with Crippen molar-refractivity contribution in [2.45, 2.75) is 19.4 Å². The van der Waals surface area contributed by atoms with Gasteiger partial charge in [0.05, 0.1) is 6.04 Å². The van der Waals surface area contributed by atoms with E-state index in [1.165, 1.54) is 12.1 Å². The highest BCUT2D eigenvalue weighted by Gasteiger charge is 2.08. The van der Waals surface area contributed by atoms with Crippen LogP contribution in [0.25, 0.3) is 0 Å². The fourth-order valence-corrected chi connectivity index (χ4v) is 1.39. The monoisotopic (exact) mass is 224 g/mol. The van der Waals surface area contributed by atoms with Crippen LogP contribution < -0.4 is 10.6 Å². The van der Waals surface area contributed by atoms with Crippen molar-refractivity contribution in [2.75, 3.05) is 13.6 Å². The van der Waals surface area contributed by atoms with Gasteiger partial charge in [0.1, 0.15) is 5.82 Å². The number of hydrogen-bond acceptors (Lipinski definition) is 2. The lowest BCUT2D eigenvalue weighted by molar-refractivity contribution is -0.121. The molecule has 88 valence electrons. The van der Waals surface area contributed by atoms with Gasteiger partial charge in [0.15, 0.2) is 0 Å². The van der Waals surface area contributed by atoms with Crippen molar-refractivity contribution < 1.29 is 9.18 Å². The number of carbonyl (C=O) groups is 1. The maximum Gasteiger partial charge on any atom is 0.221 e. The first-order valence-corrected chi connectivity index (χ1v) is 5.33. The van der Waals surface area contributed by atoms with E-state index in [0.717, 1.165) is 5.56 Å². The van der Waals surface area contributed by atoms with Crippen molar-refractivity contribution in [2.24, 2.45) is 0 Å². The van der Waals surface area contributed by atoms with Crippen molar-refractivity contribution >= 4 is 5.91 Å². The minimum atomic E-state index is -0.266. The molecule has 0 radical (unpaired) electrons. The van der Waals surface area contributed by atoms with Gasteiger partial charge < -0.3 is 10.6 Å². The Morgan fingerprint density at radius 2 is 2.00 bits per heavy atom. The van der Waals surface area contributed by atoms with Crippen LogP contribution in [0.1, 0.15) is 24.9 Å². The number of halogens is 1. The highest BCUT2D eigenvalue weighted by atomic mass is 19.1. The molecule has 0 heterocycles. The SMILES string of the molecule is CNCCC(=O)N[C@@H](C)c1ccc(F)cc1. The molecule has 0 aliphatic rings. The normalized spacial score (nSPS) is 12.2. The van der Waals surface area contributed by atoms with Gasteiger partial charge in [-0.25, -0.2) is 4.39 Å². The summed E-state index contributed by atoms with van der Waals surface area (Å²) in [7, 11) is 1.80. The number of nitrogens with one attached hydrogen (secondary N) is 2. The molecule has 0 aromatic heterocycles. The van der Waals surface area contributed by atoms with Crippen LogP contribution in [0, 0.1) is 5.82 Å². The van der Waals surface area contributed by atoms with Crippen molar-refractivity contribution in [1.82, 2.24) is 10.6 Å². The standard InChI is InChI=1S/C12H17FN2O/c1-9(15-12(16)7-8-14-2)10-3-5-11(13)6-4-10/h3-6,9,14H,7-8H2,1-2H3,(H,15,16)/t9-/m0/s1. The minimum Gasteiger partial charge on any atom is -0.350 e. The van der Waals surface area contributed by atoms with Gasteiger partial charge in [-0.1, -0.05) is 12.1 Å². The smallest absolute Gasteiger partial charge is 0.221 e. The Bertz CT molecular complexity index is 337. The Labute approximate surface area is 95.0 Å². The van der Waals surface area contributed by atoms with Gasteiger partial charge in [0, 0.05) is 13.0 Å². The molecule has 1 amide bonds. The second kappa shape index (κ2) is 6.23. The van der Waals surface area contributed by atoms with E-state index in [1.54, 1.807) is 19.2 Å². The van der Waals surface area contributed by atoms with Crippen molar-refractivity contribution in [3.05, 3.63) is 35.6 Å². The molecule has 0 bridgehead atoms. The van der Waals surface area contributed by atoms with Gasteiger partial charge >= 0.3 is 0 Å². The predicted octanol–water partition coefficient (Wildman–Crippen LogP) is 1.61. The number of amides is 1. The molecule has 0 saturated heterocycles. The molecule has 4 heteroatoms. The van der Waals surface area contributed by atoms with Crippen LogP contribution in [0.4, 0.5) is 4.39 Å². The molecule has 16 heavy (non-hydrogen) atoms. The zero-order valence-electron chi connectivity index (χ0n) is 9.59. The van der Waals surface area contributed by atoms with Crippen molar-refractivity contribution in [3.63, 3.8) is 0 Å². The van der Waals surface area contributed by atoms with Crippen LogP contribution in [0.5, 0.6) is 0 Å². The molecular weight excluding hydrogens is 207 g/mol. The molecule has 3 nitrogen and oxygen atoms in total. The third-order valence-corrected chi connectivity index (χ3v) is 2.35. The van der Waals surface area contributed by atoms with E-state index >= 15 is 0 Å². The van der Waals surface area contributed by atoms with Crippen LogP contribution in [0.3, 0.4) is 0 Å². The second-order valence-corrected chi connectivity index (χ2v) is 3.69. The molecule has 0 aliphatic carbocycles. The molecule has 0 saturated carbocycles. The maximum atomic E-state index is 12.7. The topological polar surface area (TPSA) is 41.1 Å². The van der Waals surface area contributed by atoms with Gasteiger partial charge in [-0.3, -0.25) is 4.79 Å². The fraction of sp³-hybridized carbons (Fsp3) is 0.417. The maximum absolute atomic E-state index is 12.7. The lowest BCUT2D eigenvalue weighted by atomic mass is 10.1. The summed E-state index contributed by atoms with van der Waals surface area (Å²) in [6.45, 7) is 2.53. The lowest BCUT2D eigenvalue weighted by Gasteiger charge is -2.14. The summed E-state index contributed by atoms with van der Waals surface area (Å²) in [5.74, 6) is -0.274. The molecule has 0 aliphatic heterocycles. The Kier molecular flexibility index (Phi) is 4.92. The molecule has 1 atom stereocenters. The van der Waals surface area contributed by atoms with E-state index in [9.17, 15) is 9.18 Å². The summed E-state index contributed by atoms with van der Waals surface area (Å²) in [5.41, 5.74) is 0.902. The van der Waals surface area contributed by atoms with Crippen molar-refractivity contribution in [1.29, 1.82) is 0 Å². The third-order valence-electron chi connectivity index (χ3n) is 2.35. The average Bonchev–Trinajstić information content (AvgIpc) is 2.27. The summed E-state index contributed by atoms with van der Waals surface area (Å²) in [5, 5.41) is 5.76. The van der Waals surface area contributed by atoms with Gasteiger partial charge in [-0.2, -0.15) is 0 Å². The zero-order valence-corrected chi connectivity index (χ0v) is 9.59. The molecule has 0 spiro atoms.